The Morgan fingerprint density at radius 1 is 1.64 bits per heavy atom. The van der Waals surface area contributed by atoms with Crippen molar-refractivity contribution >= 4 is 51.3 Å². The van der Waals surface area contributed by atoms with Crippen LogP contribution >= 0.6 is 45.4 Å². The van der Waals surface area contributed by atoms with E-state index in [9.17, 15) is 4.79 Å². The third kappa shape index (κ3) is 13.2. The van der Waals surface area contributed by atoms with Gasteiger partial charge in [0.15, 0.2) is 0 Å². The van der Waals surface area contributed by atoms with Gasteiger partial charge in [0, 0.05) is 45.4 Å². The first-order chi connectivity index (χ1) is 6.07. The van der Waals surface area contributed by atoms with Crippen molar-refractivity contribution in [1.82, 2.24) is 0 Å². The summed E-state index contributed by atoms with van der Waals surface area (Å²) in [6.07, 6.45) is 1.08. The van der Waals surface area contributed by atoms with Crippen LogP contribution in [-0.4, -0.2) is 42.3 Å². The average molecular weight is 451 g/mol. The third-order valence-electron chi connectivity index (χ3n) is 1.27. The van der Waals surface area contributed by atoms with Gasteiger partial charge in [-0.05, 0) is 19.2 Å². The fourth-order valence-electron chi connectivity index (χ4n) is 0.595. The van der Waals surface area contributed by atoms with Gasteiger partial charge < -0.3 is 20.8 Å². The maximum Gasteiger partial charge on any atom is 0.322 e. The zero-order valence-electron chi connectivity index (χ0n) is 8.04. The maximum absolute atomic E-state index is 10.7. The molecule has 5 N–H and O–H groups in total. The van der Waals surface area contributed by atoms with Gasteiger partial charge >= 0.3 is 5.97 Å². The lowest BCUT2D eigenvalue weighted by molar-refractivity contribution is -0.142. The van der Waals surface area contributed by atoms with Crippen molar-refractivity contribution in [3.8, 4) is 0 Å². The summed E-state index contributed by atoms with van der Waals surface area (Å²) in [6, 6.07) is -0.586. The second-order valence-corrected chi connectivity index (χ2v) is 4.06. The van der Waals surface area contributed by atoms with Crippen molar-refractivity contribution in [2.24, 2.45) is 5.73 Å². The molecule has 0 bridgehead atoms. The summed E-state index contributed by atoms with van der Waals surface area (Å²) < 4.78 is 4.41. The number of carbonyl (C=O) groups excluding carboxylic acids is 1. The van der Waals surface area contributed by atoms with Crippen molar-refractivity contribution in [3.05, 3.63) is 0 Å². The standard InChI is InChI=1S/C6H14NO3P.I2.H2O/c1-10-6(8)5(7)3-4-11(2)9;1-2;/h5,9H,3-4,7H2,1-2H3;;1H2. The predicted octanol–water partition coefficient (Wildman–Crippen LogP) is 0.842. The molecule has 0 spiro atoms. The minimum absolute atomic E-state index is 0. The molecule has 0 rings (SSSR count). The summed E-state index contributed by atoms with van der Waals surface area (Å²) in [6.45, 7) is 1.72. The Hall–Kier alpha value is 1.24. The Labute approximate surface area is 109 Å². The molecule has 2 atom stereocenters. The zero-order chi connectivity index (χ0) is 10.9. The summed E-state index contributed by atoms with van der Waals surface area (Å²) in [7, 11) is 0.351. The second kappa shape index (κ2) is 14.2. The highest BCUT2D eigenvalue weighted by molar-refractivity contribution is 15.0. The Morgan fingerprint density at radius 2 is 2.07 bits per heavy atom. The van der Waals surface area contributed by atoms with E-state index in [0.29, 0.717) is 12.6 Å². The zero-order valence-corrected chi connectivity index (χ0v) is 13.2. The summed E-state index contributed by atoms with van der Waals surface area (Å²) in [5.74, 6) is -0.415. The van der Waals surface area contributed by atoms with E-state index in [-0.39, 0.29) is 5.48 Å². The Kier molecular flexibility index (Phi) is 21.0. The van der Waals surface area contributed by atoms with Crippen LogP contribution in [0.5, 0.6) is 0 Å². The van der Waals surface area contributed by atoms with E-state index >= 15 is 0 Å². The van der Waals surface area contributed by atoms with Gasteiger partial charge in [0.2, 0.25) is 0 Å². The molecule has 0 aliphatic carbocycles. The second-order valence-electron chi connectivity index (χ2n) is 2.30. The highest BCUT2D eigenvalue weighted by atomic mass is 128. The first-order valence-electron chi connectivity index (χ1n) is 3.45. The summed E-state index contributed by atoms with van der Waals surface area (Å²) in [5, 5.41) is 0. The Balaban J connectivity index is -0.000000376. The summed E-state index contributed by atoms with van der Waals surface area (Å²) in [4.78, 5) is 19.6. The number of ether oxygens (including phenoxy) is 1. The monoisotopic (exact) mass is 451 g/mol. The molecule has 0 heterocycles. The first kappa shape index (κ1) is 20.6. The minimum atomic E-state index is -0.951. The molecular weight excluding hydrogens is 435 g/mol. The molecule has 0 saturated carbocycles. The molecule has 0 aromatic carbocycles. The Morgan fingerprint density at radius 3 is 2.36 bits per heavy atom. The molecule has 14 heavy (non-hydrogen) atoms. The molecule has 2 unspecified atom stereocenters. The number of methoxy groups -OCH3 is 1. The quantitative estimate of drug-likeness (QED) is 0.376. The highest BCUT2D eigenvalue weighted by Gasteiger charge is 2.13. The van der Waals surface area contributed by atoms with Gasteiger partial charge in [0.05, 0.1) is 7.11 Å². The van der Waals surface area contributed by atoms with Gasteiger partial charge in [-0.3, -0.25) is 4.79 Å². The molecule has 5 nitrogen and oxygen atoms in total. The first-order valence-corrected chi connectivity index (χ1v) is 11.7. The van der Waals surface area contributed by atoms with Crippen LogP contribution in [0, 0.1) is 0 Å². The number of rotatable bonds is 4. The molecular formula is C6H16I2NO4P. The van der Waals surface area contributed by atoms with Gasteiger partial charge in [0.1, 0.15) is 6.04 Å². The van der Waals surface area contributed by atoms with Gasteiger partial charge in [-0.15, -0.1) is 0 Å². The SMILES string of the molecule is COC(=O)C(N)CCP(C)O.II.O. The number of halogens is 2. The molecule has 0 saturated heterocycles. The fourth-order valence-corrected chi connectivity index (χ4v) is 1.25. The van der Waals surface area contributed by atoms with E-state index in [1.807, 2.05) is 0 Å². The van der Waals surface area contributed by atoms with E-state index in [1.165, 1.54) is 7.11 Å². The third-order valence-corrected chi connectivity index (χ3v) is 2.17. The highest BCUT2D eigenvalue weighted by Crippen LogP contribution is 2.24. The van der Waals surface area contributed by atoms with E-state index in [2.05, 4.69) is 42.0 Å². The lowest BCUT2D eigenvalue weighted by Crippen LogP contribution is -2.32. The van der Waals surface area contributed by atoms with Crippen molar-refractivity contribution < 1.29 is 19.9 Å². The van der Waals surface area contributed by atoms with E-state index in [1.54, 1.807) is 6.66 Å². The van der Waals surface area contributed by atoms with Crippen LogP contribution in [0.15, 0.2) is 0 Å². The number of hydrogen-bond acceptors (Lipinski definition) is 4. The number of hydrogen-bond donors (Lipinski definition) is 2. The summed E-state index contributed by atoms with van der Waals surface area (Å²) >= 11 is 4.24. The smallest absolute Gasteiger partial charge is 0.322 e. The van der Waals surface area contributed by atoms with Crippen molar-refractivity contribution in [1.29, 1.82) is 0 Å². The molecule has 0 aromatic rings. The normalized spacial score (nSPS) is 12.7. The Bertz CT molecular complexity index is 139. The van der Waals surface area contributed by atoms with Crippen LogP contribution in [0.25, 0.3) is 0 Å². The van der Waals surface area contributed by atoms with Crippen LogP contribution in [0.1, 0.15) is 6.42 Å². The van der Waals surface area contributed by atoms with Crippen LogP contribution in [0.4, 0.5) is 0 Å². The van der Waals surface area contributed by atoms with Gasteiger partial charge in [-0.1, -0.05) is 0 Å². The predicted molar refractivity (Wildman–Crippen MR) is 76.2 cm³/mol. The van der Waals surface area contributed by atoms with Crippen LogP contribution in [0.2, 0.25) is 0 Å². The van der Waals surface area contributed by atoms with Crippen molar-refractivity contribution in [2.75, 3.05) is 19.9 Å². The molecule has 0 amide bonds. The number of carbonyl (C=O) groups is 1. The van der Waals surface area contributed by atoms with Gasteiger partial charge in [0.25, 0.3) is 0 Å². The van der Waals surface area contributed by atoms with E-state index in [0.717, 1.165) is 0 Å². The lowest BCUT2D eigenvalue weighted by Gasteiger charge is -2.09. The molecule has 88 valence electrons. The minimum Gasteiger partial charge on any atom is -0.468 e. The maximum atomic E-state index is 10.7. The molecule has 0 radical (unpaired) electrons. The summed E-state index contributed by atoms with van der Waals surface area (Å²) in [5.41, 5.74) is 5.40. The molecule has 0 aliphatic heterocycles. The van der Waals surface area contributed by atoms with Crippen molar-refractivity contribution in [2.45, 2.75) is 12.5 Å². The van der Waals surface area contributed by atoms with Crippen LogP contribution < -0.4 is 5.73 Å². The van der Waals surface area contributed by atoms with Crippen LogP contribution in [-0.2, 0) is 9.53 Å². The molecule has 0 aromatic heterocycles. The molecule has 8 heteroatoms. The van der Waals surface area contributed by atoms with Gasteiger partial charge in [-0.25, -0.2) is 0 Å². The largest absolute Gasteiger partial charge is 0.468 e. The number of esters is 1. The van der Waals surface area contributed by atoms with Crippen LogP contribution in [0.3, 0.4) is 0 Å². The molecule has 0 aliphatic rings. The topological polar surface area (TPSA) is 104 Å². The van der Waals surface area contributed by atoms with Crippen molar-refractivity contribution in [3.63, 3.8) is 0 Å². The number of nitrogens with two attached hydrogens (primary N) is 1. The van der Waals surface area contributed by atoms with E-state index < -0.39 is 20.2 Å². The van der Waals surface area contributed by atoms with Gasteiger partial charge in [-0.2, -0.15) is 0 Å². The average Bonchev–Trinajstić information content (AvgIpc) is 2.16. The molecule has 0 fully saturated rings. The van der Waals surface area contributed by atoms with E-state index in [4.69, 9.17) is 10.6 Å². The lowest BCUT2D eigenvalue weighted by atomic mass is 10.2. The fraction of sp³-hybridized carbons (Fsp3) is 0.833.